The van der Waals surface area contributed by atoms with E-state index in [4.69, 9.17) is 4.74 Å². The first kappa shape index (κ1) is 13.9. The molecule has 1 aromatic rings. The Morgan fingerprint density at radius 2 is 2.00 bits per heavy atom. The van der Waals surface area contributed by atoms with Gasteiger partial charge in [-0.3, -0.25) is 0 Å². The van der Waals surface area contributed by atoms with E-state index in [1.165, 1.54) is 0 Å². The molecule has 0 amide bonds. The van der Waals surface area contributed by atoms with Crippen LogP contribution in [0, 0.1) is 5.92 Å². The van der Waals surface area contributed by atoms with Crippen molar-refractivity contribution in [2.75, 3.05) is 6.54 Å². The molecule has 5 atom stereocenters. The third-order valence-corrected chi connectivity index (χ3v) is 5.07. The van der Waals surface area contributed by atoms with Crippen LogP contribution in [0.4, 0.5) is 0 Å². The summed E-state index contributed by atoms with van der Waals surface area (Å²) in [6, 6.07) is 0.284. The van der Waals surface area contributed by atoms with Gasteiger partial charge in [0.25, 0.3) is 0 Å². The fourth-order valence-electron chi connectivity index (χ4n) is 2.64. The molecule has 0 saturated carbocycles. The Morgan fingerprint density at radius 3 is 2.56 bits per heavy atom. The molecule has 1 aromatic heterocycles. The minimum atomic E-state index is 0.241. The number of nitrogens with zero attached hydrogens (tertiary/aromatic N) is 2. The van der Waals surface area contributed by atoms with E-state index in [1.807, 2.05) is 0 Å². The van der Waals surface area contributed by atoms with Gasteiger partial charge in [0.05, 0.1) is 18.2 Å². The molecule has 0 radical (unpaired) electrons. The maximum Gasteiger partial charge on any atom is 0.134 e. The molecule has 1 N–H and O–H groups in total. The minimum absolute atomic E-state index is 0.241. The van der Waals surface area contributed by atoms with Crippen LogP contribution in [0.3, 0.4) is 0 Å². The molecular weight excluding hydrogens is 246 g/mol. The third-order valence-electron chi connectivity index (χ3n) is 3.86. The minimum Gasteiger partial charge on any atom is -0.375 e. The summed E-state index contributed by atoms with van der Waals surface area (Å²) >= 11 is 1.72. The van der Waals surface area contributed by atoms with Gasteiger partial charge in [-0.2, -0.15) is 0 Å². The fourth-order valence-corrected chi connectivity index (χ4v) is 3.82. The van der Waals surface area contributed by atoms with Gasteiger partial charge in [0, 0.05) is 5.92 Å². The number of hydrogen-bond acceptors (Lipinski definition) is 5. The first-order chi connectivity index (χ1) is 8.54. The summed E-state index contributed by atoms with van der Waals surface area (Å²) in [5, 5.41) is 14.3. The highest BCUT2D eigenvalue weighted by molar-refractivity contribution is 7.11. The molecule has 1 fully saturated rings. The van der Waals surface area contributed by atoms with E-state index in [9.17, 15) is 0 Å². The van der Waals surface area contributed by atoms with Crippen molar-refractivity contribution in [2.45, 2.75) is 58.8 Å². The van der Waals surface area contributed by atoms with Crippen LogP contribution in [0.5, 0.6) is 0 Å². The Kier molecular flexibility index (Phi) is 4.35. The van der Waals surface area contributed by atoms with Crippen molar-refractivity contribution >= 4 is 11.3 Å². The molecule has 0 aliphatic carbocycles. The van der Waals surface area contributed by atoms with Gasteiger partial charge in [-0.25, -0.2) is 0 Å². The SMILES string of the molecule is CCNC(C)c1nnc(C2C(C)OC(C)C2C)s1. The maximum atomic E-state index is 5.88. The molecule has 1 saturated heterocycles. The molecule has 4 nitrogen and oxygen atoms in total. The van der Waals surface area contributed by atoms with Crippen LogP contribution in [0.2, 0.25) is 0 Å². The quantitative estimate of drug-likeness (QED) is 0.913. The standard InChI is InChI=1S/C13H23N3OS/c1-6-14-8(3)12-15-16-13(18-12)11-7(2)9(4)17-10(11)5/h7-11,14H,6H2,1-5H3. The van der Waals surface area contributed by atoms with Gasteiger partial charge in [0.1, 0.15) is 10.0 Å². The van der Waals surface area contributed by atoms with Gasteiger partial charge in [0.2, 0.25) is 0 Å². The van der Waals surface area contributed by atoms with Crippen molar-refractivity contribution in [1.29, 1.82) is 0 Å². The zero-order chi connectivity index (χ0) is 13.3. The Labute approximate surface area is 113 Å². The smallest absolute Gasteiger partial charge is 0.134 e. The topological polar surface area (TPSA) is 47.0 Å². The number of ether oxygens (including phenoxy) is 1. The Morgan fingerprint density at radius 1 is 1.28 bits per heavy atom. The van der Waals surface area contributed by atoms with Crippen molar-refractivity contribution in [3.05, 3.63) is 10.0 Å². The highest BCUT2D eigenvalue weighted by Gasteiger charge is 2.40. The van der Waals surface area contributed by atoms with Crippen LogP contribution in [-0.2, 0) is 4.74 Å². The van der Waals surface area contributed by atoms with E-state index in [0.717, 1.165) is 16.6 Å². The van der Waals surface area contributed by atoms with Crippen molar-refractivity contribution < 1.29 is 4.74 Å². The second-order valence-electron chi connectivity index (χ2n) is 5.19. The lowest BCUT2D eigenvalue weighted by Crippen LogP contribution is -2.17. The van der Waals surface area contributed by atoms with Crippen molar-refractivity contribution in [3.63, 3.8) is 0 Å². The van der Waals surface area contributed by atoms with Crippen LogP contribution in [0.15, 0.2) is 0 Å². The van der Waals surface area contributed by atoms with Gasteiger partial charge in [-0.15, -0.1) is 10.2 Å². The molecule has 0 aromatic carbocycles. The molecule has 0 bridgehead atoms. The molecule has 5 unspecified atom stereocenters. The molecular formula is C13H23N3OS. The van der Waals surface area contributed by atoms with E-state index in [2.05, 4.69) is 50.1 Å². The van der Waals surface area contributed by atoms with Gasteiger partial charge < -0.3 is 10.1 Å². The monoisotopic (exact) mass is 269 g/mol. The van der Waals surface area contributed by atoms with Gasteiger partial charge in [0.15, 0.2) is 0 Å². The highest BCUT2D eigenvalue weighted by atomic mass is 32.1. The average Bonchev–Trinajstić information content (AvgIpc) is 2.86. The zero-order valence-corrected chi connectivity index (χ0v) is 12.6. The number of nitrogens with one attached hydrogen (secondary N) is 1. The molecule has 5 heteroatoms. The number of rotatable bonds is 4. The predicted octanol–water partition coefficient (Wildman–Crippen LogP) is 2.74. The zero-order valence-electron chi connectivity index (χ0n) is 11.8. The molecule has 1 aliphatic heterocycles. The van der Waals surface area contributed by atoms with E-state index in [1.54, 1.807) is 11.3 Å². The third kappa shape index (κ3) is 2.58. The Bertz CT molecular complexity index is 395. The lowest BCUT2D eigenvalue weighted by Gasteiger charge is -2.14. The summed E-state index contributed by atoms with van der Waals surface area (Å²) in [6.07, 6.45) is 0.550. The summed E-state index contributed by atoms with van der Waals surface area (Å²) in [4.78, 5) is 0. The van der Waals surface area contributed by atoms with E-state index >= 15 is 0 Å². The molecule has 102 valence electrons. The molecule has 2 rings (SSSR count). The van der Waals surface area contributed by atoms with Gasteiger partial charge in [-0.05, 0) is 33.2 Å². The van der Waals surface area contributed by atoms with Crippen LogP contribution in [0.1, 0.15) is 56.6 Å². The summed E-state index contributed by atoms with van der Waals surface area (Å²) in [7, 11) is 0. The fraction of sp³-hybridized carbons (Fsp3) is 0.846. The second kappa shape index (κ2) is 5.63. The van der Waals surface area contributed by atoms with Gasteiger partial charge >= 0.3 is 0 Å². The van der Waals surface area contributed by atoms with E-state index < -0.39 is 0 Å². The number of aromatic nitrogens is 2. The highest BCUT2D eigenvalue weighted by Crippen LogP contribution is 2.41. The summed E-state index contributed by atoms with van der Waals surface area (Å²) in [5.41, 5.74) is 0. The summed E-state index contributed by atoms with van der Waals surface area (Å²) in [5.74, 6) is 0.898. The summed E-state index contributed by atoms with van der Waals surface area (Å²) < 4.78 is 5.88. The Hall–Kier alpha value is -0.520. The molecule has 18 heavy (non-hydrogen) atoms. The first-order valence-electron chi connectivity index (χ1n) is 6.76. The van der Waals surface area contributed by atoms with Crippen LogP contribution < -0.4 is 5.32 Å². The van der Waals surface area contributed by atoms with Crippen molar-refractivity contribution in [1.82, 2.24) is 15.5 Å². The van der Waals surface area contributed by atoms with Crippen molar-refractivity contribution in [2.24, 2.45) is 5.92 Å². The largest absolute Gasteiger partial charge is 0.375 e. The normalized spacial score (nSPS) is 33.8. The molecule has 1 aliphatic rings. The first-order valence-corrected chi connectivity index (χ1v) is 7.58. The molecule has 2 heterocycles. The van der Waals surface area contributed by atoms with E-state index in [0.29, 0.717) is 17.9 Å². The van der Waals surface area contributed by atoms with Crippen LogP contribution in [0.25, 0.3) is 0 Å². The maximum absolute atomic E-state index is 5.88. The lowest BCUT2D eigenvalue weighted by atomic mass is 9.90. The summed E-state index contributed by atoms with van der Waals surface area (Å²) in [6.45, 7) is 11.7. The van der Waals surface area contributed by atoms with Crippen molar-refractivity contribution in [3.8, 4) is 0 Å². The Balaban J connectivity index is 2.14. The average molecular weight is 269 g/mol. The lowest BCUT2D eigenvalue weighted by molar-refractivity contribution is 0.0556. The van der Waals surface area contributed by atoms with Gasteiger partial charge in [-0.1, -0.05) is 25.2 Å². The van der Waals surface area contributed by atoms with E-state index in [-0.39, 0.29) is 12.1 Å². The predicted molar refractivity (Wildman–Crippen MR) is 73.9 cm³/mol. The second-order valence-corrected chi connectivity index (χ2v) is 6.23. The van der Waals surface area contributed by atoms with Crippen LogP contribution in [-0.4, -0.2) is 29.0 Å². The van der Waals surface area contributed by atoms with Crippen LogP contribution >= 0.6 is 11.3 Å². The number of hydrogen-bond donors (Lipinski definition) is 1. The molecule has 0 spiro atoms.